The van der Waals surface area contributed by atoms with E-state index >= 15 is 0 Å². The summed E-state index contributed by atoms with van der Waals surface area (Å²) in [6.07, 6.45) is -25.7. The van der Waals surface area contributed by atoms with E-state index in [9.17, 15) is 57.4 Å². The number of rotatable bonds is 6. The van der Waals surface area contributed by atoms with Gasteiger partial charge in [0.15, 0.2) is 0 Å². The van der Waals surface area contributed by atoms with Gasteiger partial charge in [-0.05, 0) is 0 Å². The summed E-state index contributed by atoms with van der Waals surface area (Å²) < 4.78 is 183. The van der Waals surface area contributed by atoms with Crippen molar-refractivity contribution >= 4 is 7.35 Å². The average molecular weight is 480 g/mol. The Kier molecular flexibility index (Phi) is 7.09. The predicted molar refractivity (Wildman–Crippen MR) is 75.1 cm³/mol. The summed E-state index contributed by atoms with van der Waals surface area (Å²) >= 11 is 0. The van der Waals surface area contributed by atoms with Gasteiger partial charge in [0.1, 0.15) is 0 Å². The van der Waals surface area contributed by atoms with Gasteiger partial charge in [-0.1, -0.05) is 0 Å². The van der Waals surface area contributed by atoms with Gasteiger partial charge in [0.05, 0.1) is 0 Å². The van der Waals surface area contributed by atoms with Crippen molar-refractivity contribution in [2.75, 3.05) is 14.2 Å². The Labute approximate surface area is 165 Å². The van der Waals surface area contributed by atoms with Gasteiger partial charge >= 0.3 is 164 Å². The van der Waals surface area contributed by atoms with E-state index in [2.05, 4.69) is 14.1 Å². The molecule has 1 aromatic carbocycles. The molecule has 0 saturated carbocycles. The van der Waals surface area contributed by atoms with E-state index in [0.717, 1.165) is 0 Å². The number of hydrogen-bond donors (Lipinski definition) is 0. The van der Waals surface area contributed by atoms with Crippen LogP contribution in [0, 0.1) is 0 Å². The van der Waals surface area contributed by atoms with E-state index in [0.29, 0.717) is 0 Å². The fourth-order valence-electron chi connectivity index (χ4n) is 2.80. The molecule has 31 heavy (non-hydrogen) atoms. The molecule has 4 nitrogen and oxygen atoms in total. The molecule has 0 fully saturated rings. The molecule has 0 saturated heterocycles. The average Bonchev–Trinajstić information content (AvgIpc) is 2.51. The third-order valence-corrected chi connectivity index (χ3v) is 4.11. The van der Waals surface area contributed by atoms with Crippen LogP contribution in [0.5, 0.6) is 5.75 Å². The first kappa shape index (κ1) is 27.0. The van der Waals surface area contributed by atoms with Crippen molar-refractivity contribution in [3.63, 3.8) is 0 Å². The van der Waals surface area contributed by atoms with Crippen LogP contribution >= 0.6 is 0 Å². The van der Waals surface area contributed by atoms with Crippen LogP contribution < -0.4 is 4.65 Å². The van der Waals surface area contributed by atoms with Crippen molar-refractivity contribution in [2.24, 2.45) is 0 Å². The molecular formula is C14H9BF12O4. The minimum atomic E-state index is -6.43. The molecular weight excluding hydrogens is 471 g/mol. The monoisotopic (exact) mass is 480 g/mol. The zero-order valence-corrected chi connectivity index (χ0v) is 15.0. The topological polar surface area (TPSA) is 44.8 Å². The molecule has 1 aromatic rings. The van der Waals surface area contributed by atoms with E-state index in [-0.39, 0.29) is 26.4 Å². The van der Waals surface area contributed by atoms with Crippen molar-refractivity contribution in [3.05, 3.63) is 29.3 Å². The number of halogens is 12. The molecule has 0 unspecified atom stereocenters. The summed E-state index contributed by atoms with van der Waals surface area (Å²) in [4.78, 5) is 0. The summed E-state index contributed by atoms with van der Waals surface area (Å²) in [7, 11) is -0.885. The van der Waals surface area contributed by atoms with Crippen LogP contribution in [0.1, 0.15) is 11.1 Å². The van der Waals surface area contributed by atoms with Gasteiger partial charge < -0.3 is 0 Å². The van der Waals surface area contributed by atoms with Crippen LogP contribution in [0.4, 0.5) is 52.7 Å². The van der Waals surface area contributed by atoms with Crippen molar-refractivity contribution in [3.8, 4) is 5.75 Å². The molecule has 0 atom stereocenters. The van der Waals surface area contributed by atoms with Gasteiger partial charge in [0.25, 0.3) is 0 Å². The summed E-state index contributed by atoms with van der Waals surface area (Å²) in [6.45, 7) is 0. The molecule has 0 aliphatic rings. The van der Waals surface area contributed by atoms with Gasteiger partial charge in [0.2, 0.25) is 0 Å². The first-order valence-electron chi connectivity index (χ1n) is 7.40. The third kappa shape index (κ3) is 4.20. The minimum absolute atomic E-state index is 0.120. The molecule has 0 amide bonds. The van der Waals surface area contributed by atoms with Crippen molar-refractivity contribution in [2.45, 2.75) is 35.9 Å². The summed E-state index contributed by atoms with van der Waals surface area (Å²) in [6, 6.07) is -1.17. The first-order chi connectivity index (χ1) is 13.8. The first-order valence-corrected chi connectivity index (χ1v) is 7.40. The van der Waals surface area contributed by atoms with Crippen molar-refractivity contribution in [1.82, 2.24) is 0 Å². The number of ether oxygens (including phenoxy) is 2. The molecule has 0 aromatic heterocycles. The van der Waals surface area contributed by atoms with Gasteiger partial charge in [-0.15, -0.1) is 0 Å². The Balaban J connectivity index is 4.22. The molecule has 0 bridgehead atoms. The van der Waals surface area contributed by atoms with E-state index in [1.54, 1.807) is 0 Å². The summed E-state index contributed by atoms with van der Waals surface area (Å²) in [5.41, 5.74) is -15.3. The van der Waals surface area contributed by atoms with Crippen molar-refractivity contribution in [1.29, 1.82) is 0 Å². The quantitative estimate of drug-likeness (QED) is 0.427. The number of hydrogen-bond acceptors (Lipinski definition) is 4. The van der Waals surface area contributed by atoms with Gasteiger partial charge in [0, 0.05) is 0 Å². The molecule has 0 aliphatic carbocycles. The van der Waals surface area contributed by atoms with E-state index < -0.39 is 66.2 Å². The molecule has 0 N–H and O–H groups in total. The molecule has 0 radical (unpaired) electrons. The second-order valence-electron chi connectivity index (χ2n) is 5.72. The molecule has 0 heterocycles. The van der Waals surface area contributed by atoms with Crippen LogP contribution in [0.25, 0.3) is 0 Å². The molecule has 1 rings (SSSR count). The molecule has 17 heteroatoms. The summed E-state index contributed by atoms with van der Waals surface area (Å²) in [5, 5.41) is 0. The van der Waals surface area contributed by atoms with Crippen LogP contribution in [0.2, 0.25) is 0 Å². The van der Waals surface area contributed by atoms with E-state index in [1.807, 2.05) is 0 Å². The van der Waals surface area contributed by atoms with Crippen LogP contribution in [0.15, 0.2) is 18.2 Å². The van der Waals surface area contributed by atoms with Crippen molar-refractivity contribution < 1.29 is 71.5 Å². The normalized spacial score (nSPS) is 14.4. The van der Waals surface area contributed by atoms with Crippen LogP contribution in [-0.2, 0) is 25.4 Å². The number of alkyl halides is 12. The van der Waals surface area contributed by atoms with E-state index in [4.69, 9.17) is 0 Å². The molecule has 0 spiro atoms. The van der Waals surface area contributed by atoms with E-state index in [1.165, 1.54) is 0 Å². The Hall–Kier alpha value is -2.04. The Morgan fingerprint density at radius 1 is 0.613 bits per heavy atom. The fourth-order valence-corrected chi connectivity index (χ4v) is 2.80. The Morgan fingerprint density at radius 2 is 0.903 bits per heavy atom. The van der Waals surface area contributed by atoms with Gasteiger partial charge in [-0.3, -0.25) is 0 Å². The standard InChI is InChI=1S/C14H9BF12O4/c1-29-9(11(16,17)18,12(19,20)21)6-3-7(5-8(4-6)31-15-28)10(30-2,13(22,23)24)14(25,26)27/h3-5H,1-2H3. The van der Waals surface area contributed by atoms with Gasteiger partial charge in [-0.25, -0.2) is 0 Å². The zero-order valence-electron chi connectivity index (χ0n) is 15.0. The predicted octanol–water partition coefficient (Wildman–Crippen LogP) is 4.96. The maximum atomic E-state index is 13.4. The molecule has 176 valence electrons. The number of methoxy groups -OCH3 is 2. The second kappa shape index (κ2) is 8.14. The van der Waals surface area contributed by atoms with Crippen LogP contribution in [-0.4, -0.2) is 46.3 Å². The SMILES string of the molecule is COC(c1cc(OB=O)cc(C(OC)(C(F)(F)F)C(F)(F)F)c1)(C(F)(F)F)C(F)(F)F. The second-order valence-corrected chi connectivity index (χ2v) is 5.72. The number of benzene rings is 1. The Bertz CT molecular complexity index is 710. The zero-order chi connectivity index (χ0) is 24.7. The van der Waals surface area contributed by atoms with Gasteiger partial charge in [-0.2, -0.15) is 0 Å². The maximum absolute atomic E-state index is 13.4. The Morgan fingerprint density at radius 3 is 1.10 bits per heavy atom. The van der Waals surface area contributed by atoms with Crippen LogP contribution in [0.3, 0.4) is 0 Å². The summed E-state index contributed by atoms with van der Waals surface area (Å²) in [5.74, 6) is -1.51. The molecule has 0 aliphatic heterocycles. The fraction of sp³-hybridized carbons (Fsp3) is 0.571. The third-order valence-electron chi connectivity index (χ3n) is 4.11.